The van der Waals surface area contributed by atoms with Crippen LogP contribution >= 0.6 is 11.8 Å². The second-order valence-electron chi connectivity index (χ2n) is 4.57. The van der Waals surface area contributed by atoms with E-state index in [0.717, 1.165) is 5.69 Å². The lowest BCUT2D eigenvalue weighted by molar-refractivity contribution is 0.667. The molecular formula is C14H17N3S. The fourth-order valence-corrected chi connectivity index (χ4v) is 3.34. The first-order valence-corrected chi connectivity index (χ1v) is 7.50. The molecule has 94 valence electrons. The number of imidazole rings is 1. The second kappa shape index (κ2) is 5.48. The molecule has 1 fully saturated rings. The van der Waals surface area contributed by atoms with E-state index in [1.54, 1.807) is 6.33 Å². The van der Waals surface area contributed by atoms with Crippen LogP contribution in [0.15, 0.2) is 36.8 Å². The van der Waals surface area contributed by atoms with Crippen LogP contribution in [0.1, 0.15) is 12.8 Å². The Morgan fingerprint density at radius 3 is 2.61 bits per heavy atom. The summed E-state index contributed by atoms with van der Waals surface area (Å²) in [5, 5.41) is 3.61. The van der Waals surface area contributed by atoms with Gasteiger partial charge in [0.2, 0.25) is 0 Å². The number of H-pyrrole nitrogens is 1. The molecule has 0 atom stereocenters. The molecule has 0 radical (unpaired) electrons. The van der Waals surface area contributed by atoms with Gasteiger partial charge in [0, 0.05) is 11.7 Å². The zero-order valence-corrected chi connectivity index (χ0v) is 11.0. The van der Waals surface area contributed by atoms with Gasteiger partial charge < -0.3 is 10.3 Å². The summed E-state index contributed by atoms with van der Waals surface area (Å²) in [6.45, 7) is 0. The van der Waals surface area contributed by atoms with E-state index in [-0.39, 0.29) is 0 Å². The number of hydrogen-bond donors (Lipinski definition) is 2. The average molecular weight is 259 g/mol. The minimum Gasteiger partial charge on any atom is -0.382 e. The van der Waals surface area contributed by atoms with Crippen LogP contribution in [-0.4, -0.2) is 27.5 Å². The molecule has 1 aromatic carbocycles. The van der Waals surface area contributed by atoms with Gasteiger partial charge in [0.25, 0.3) is 0 Å². The van der Waals surface area contributed by atoms with Crippen molar-refractivity contribution in [1.29, 1.82) is 0 Å². The Hall–Kier alpha value is -1.42. The Labute approximate surface area is 111 Å². The van der Waals surface area contributed by atoms with Crippen molar-refractivity contribution in [1.82, 2.24) is 9.97 Å². The molecule has 0 unspecified atom stereocenters. The van der Waals surface area contributed by atoms with Gasteiger partial charge in [-0.25, -0.2) is 4.98 Å². The summed E-state index contributed by atoms with van der Waals surface area (Å²) >= 11 is 2.06. The molecule has 2 aromatic rings. The first-order valence-electron chi connectivity index (χ1n) is 6.35. The number of anilines is 1. The van der Waals surface area contributed by atoms with Crippen molar-refractivity contribution in [3.8, 4) is 11.3 Å². The third-order valence-electron chi connectivity index (χ3n) is 3.29. The molecule has 1 aliphatic heterocycles. The normalized spacial score (nSPS) is 16.7. The molecule has 0 saturated carbocycles. The highest BCUT2D eigenvalue weighted by Crippen LogP contribution is 2.23. The summed E-state index contributed by atoms with van der Waals surface area (Å²) in [5.41, 5.74) is 3.46. The standard InChI is InChI=1S/C14H17N3S/c1-3-12(17-13-5-7-18-8-6-13)4-2-11(1)14-9-15-10-16-14/h1-4,9-10,13,17H,5-8H2,(H,15,16). The molecule has 1 aromatic heterocycles. The molecule has 1 saturated heterocycles. The summed E-state index contributed by atoms with van der Waals surface area (Å²) in [5.74, 6) is 2.56. The van der Waals surface area contributed by atoms with Gasteiger partial charge in [0.15, 0.2) is 0 Å². The number of nitrogens with zero attached hydrogens (tertiary/aromatic N) is 1. The highest BCUT2D eigenvalue weighted by molar-refractivity contribution is 7.99. The molecular weight excluding hydrogens is 242 g/mol. The molecule has 0 aliphatic carbocycles. The van der Waals surface area contributed by atoms with Gasteiger partial charge in [-0.3, -0.25) is 0 Å². The Morgan fingerprint density at radius 1 is 1.17 bits per heavy atom. The van der Waals surface area contributed by atoms with Crippen LogP contribution in [0.4, 0.5) is 5.69 Å². The van der Waals surface area contributed by atoms with Gasteiger partial charge in [-0.15, -0.1) is 0 Å². The Morgan fingerprint density at radius 2 is 1.94 bits per heavy atom. The molecule has 2 heterocycles. The van der Waals surface area contributed by atoms with E-state index in [1.807, 2.05) is 6.20 Å². The van der Waals surface area contributed by atoms with Gasteiger partial charge in [0.05, 0.1) is 18.2 Å². The van der Waals surface area contributed by atoms with Crippen LogP contribution in [0.2, 0.25) is 0 Å². The quantitative estimate of drug-likeness (QED) is 0.887. The van der Waals surface area contributed by atoms with E-state index in [0.29, 0.717) is 6.04 Å². The summed E-state index contributed by atoms with van der Waals surface area (Å²) in [6, 6.07) is 9.21. The van der Waals surface area contributed by atoms with Crippen molar-refractivity contribution in [2.45, 2.75) is 18.9 Å². The van der Waals surface area contributed by atoms with E-state index in [1.165, 1.54) is 35.6 Å². The van der Waals surface area contributed by atoms with Gasteiger partial charge in [-0.05, 0) is 42.0 Å². The van der Waals surface area contributed by atoms with Crippen molar-refractivity contribution in [3.63, 3.8) is 0 Å². The molecule has 0 spiro atoms. The third kappa shape index (κ3) is 2.70. The Kier molecular flexibility index (Phi) is 3.55. The zero-order valence-electron chi connectivity index (χ0n) is 10.2. The monoisotopic (exact) mass is 259 g/mol. The zero-order chi connectivity index (χ0) is 12.2. The number of rotatable bonds is 3. The van der Waals surface area contributed by atoms with Crippen LogP contribution in [-0.2, 0) is 0 Å². The Bertz CT molecular complexity index is 472. The van der Waals surface area contributed by atoms with E-state index >= 15 is 0 Å². The molecule has 3 nitrogen and oxygen atoms in total. The predicted octanol–water partition coefficient (Wildman–Crippen LogP) is 3.38. The maximum atomic E-state index is 4.04. The number of hydrogen-bond acceptors (Lipinski definition) is 3. The Balaban J connectivity index is 1.67. The minimum absolute atomic E-state index is 0.643. The summed E-state index contributed by atoms with van der Waals surface area (Å²) in [4.78, 5) is 7.16. The van der Waals surface area contributed by atoms with Gasteiger partial charge >= 0.3 is 0 Å². The SMILES string of the molecule is c1ncc(-c2ccc(NC3CCSCC3)cc2)[nH]1. The lowest BCUT2D eigenvalue weighted by Crippen LogP contribution is -2.24. The van der Waals surface area contributed by atoms with Crippen molar-refractivity contribution in [2.75, 3.05) is 16.8 Å². The summed E-state index contributed by atoms with van der Waals surface area (Å²) < 4.78 is 0. The molecule has 2 N–H and O–H groups in total. The average Bonchev–Trinajstić information content (AvgIpc) is 2.95. The van der Waals surface area contributed by atoms with Crippen LogP contribution in [0.25, 0.3) is 11.3 Å². The van der Waals surface area contributed by atoms with Gasteiger partial charge in [-0.1, -0.05) is 12.1 Å². The van der Waals surface area contributed by atoms with Crippen LogP contribution in [0.5, 0.6) is 0 Å². The molecule has 1 aliphatic rings. The van der Waals surface area contributed by atoms with E-state index in [4.69, 9.17) is 0 Å². The van der Waals surface area contributed by atoms with E-state index in [9.17, 15) is 0 Å². The molecule has 4 heteroatoms. The molecule has 0 bridgehead atoms. The number of aromatic amines is 1. The third-order valence-corrected chi connectivity index (χ3v) is 4.33. The van der Waals surface area contributed by atoms with Crippen LogP contribution in [0.3, 0.4) is 0 Å². The van der Waals surface area contributed by atoms with Crippen molar-refractivity contribution < 1.29 is 0 Å². The first kappa shape index (κ1) is 11.7. The summed E-state index contributed by atoms with van der Waals surface area (Å²) in [6.07, 6.45) is 6.10. The topological polar surface area (TPSA) is 40.7 Å². The van der Waals surface area contributed by atoms with Gasteiger partial charge in [-0.2, -0.15) is 11.8 Å². The van der Waals surface area contributed by atoms with E-state index < -0.39 is 0 Å². The van der Waals surface area contributed by atoms with Crippen molar-refractivity contribution in [3.05, 3.63) is 36.8 Å². The number of thioether (sulfide) groups is 1. The highest BCUT2D eigenvalue weighted by atomic mass is 32.2. The maximum Gasteiger partial charge on any atom is 0.0924 e. The predicted molar refractivity (Wildman–Crippen MR) is 78.0 cm³/mol. The second-order valence-corrected chi connectivity index (χ2v) is 5.80. The number of benzene rings is 1. The smallest absolute Gasteiger partial charge is 0.0924 e. The summed E-state index contributed by atoms with van der Waals surface area (Å²) in [7, 11) is 0. The maximum absolute atomic E-state index is 4.04. The van der Waals surface area contributed by atoms with Crippen LogP contribution < -0.4 is 5.32 Å². The molecule has 3 rings (SSSR count). The van der Waals surface area contributed by atoms with Gasteiger partial charge in [0.1, 0.15) is 0 Å². The number of aromatic nitrogens is 2. The lowest BCUT2D eigenvalue weighted by Gasteiger charge is -2.23. The van der Waals surface area contributed by atoms with Crippen molar-refractivity contribution >= 4 is 17.4 Å². The minimum atomic E-state index is 0.643. The highest BCUT2D eigenvalue weighted by Gasteiger charge is 2.12. The first-order chi connectivity index (χ1) is 8.92. The fraction of sp³-hybridized carbons (Fsp3) is 0.357. The largest absolute Gasteiger partial charge is 0.382 e. The van der Waals surface area contributed by atoms with Crippen molar-refractivity contribution in [2.24, 2.45) is 0 Å². The molecule has 18 heavy (non-hydrogen) atoms. The number of nitrogens with one attached hydrogen (secondary N) is 2. The van der Waals surface area contributed by atoms with E-state index in [2.05, 4.69) is 51.3 Å². The van der Waals surface area contributed by atoms with Crippen LogP contribution in [0, 0.1) is 0 Å². The fourth-order valence-electron chi connectivity index (χ4n) is 2.24. The molecule has 0 amide bonds. The lowest BCUT2D eigenvalue weighted by atomic mass is 10.1.